The number of anilines is 1. The molecule has 4 atom stereocenters. The molecule has 6 rings (SSSR count). The molecule has 0 spiro atoms. The van der Waals surface area contributed by atoms with E-state index in [1.165, 1.54) is 12.1 Å². The Labute approximate surface area is 229 Å². The number of aromatic hydroxyl groups is 1. The molecule has 1 aliphatic carbocycles. The summed E-state index contributed by atoms with van der Waals surface area (Å²) >= 11 is 0.547. The SMILES string of the molecule is [2H]C([2H])([2H])Sc1cc(-c2ccc(-c3ncc(N(C4CC4)[C@@H]4C[C@@]5(C)CCC[C@](C)(N5)[C@@H]4F)nn3)c(O)c2)c(F)cn1. The van der Waals surface area contributed by atoms with Gasteiger partial charge in [0.2, 0.25) is 0 Å². The maximum absolute atomic E-state index is 16.0. The second kappa shape index (κ2) is 9.41. The molecule has 2 bridgehead atoms. The number of nitrogens with one attached hydrogen (secondary N) is 1. The van der Waals surface area contributed by atoms with E-state index in [2.05, 4.69) is 37.3 Å². The van der Waals surface area contributed by atoms with Crippen LogP contribution in [0.2, 0.25) is 0 Å². The molecule has 2 saturated heterocycles. The van der Waals surface area contributed by atoms with Crippen molar-refractivity contribution in [2.75, 3.05) is 11.1 Å². The molecule has 3 fully saturated rings. The molecule has 4 heterocycles. The Morgan fingerprint density at radius 1 is 1.13 bits per heavy atom. The molecule has 2 N–H and O–H groups in total. The van der Waals surface area contributed by atoms with Crippen LogP contribution in [0.4, 0.5) is 14.6 Å². The summed E-state index contributed by atoms with van der Waals surface area (Å²) in [4.78, 5) is 10.4. The molecule has 7 nitrogen and oxygen atoms in total. The van der Waals surface area contributed by atoms with E-state index in [4.69, 9.17) is 4.11 Å². The van der Waals surface area contributed by atoms with Crippen LogP contribution in [-0.4, -0.2) is 60.8 Å². The lowest BCUT2D eigenvalue weighted by molar-refractivity contribution is 0.000258. The summed E-state index contributed by atoms with van der Waals surface area (Å²) in [6, 6.07) is 5.72. The number of thioether (sulfide) groups is 1. The molecule has 2 aliphatic heterocycles. The fourth-order valence-electron chi connectivity index (χ4n) is 6.33. The first-order valence-electron chi connectivity index (χ1n) is 14.4. The fraction of sp³-hybridized carbons (Fsp3) is 0.500. The van der Waals surface area contributed by atoms with Crippen molar-refractivity contribution in [3.05, 3.63) is 42.5 Å². The second-order valence-corrected chi connectivity index (χ2v) is 11.9. The number of phenols is 1. The van der Waals surface area contributed by atoms with Gasteiger partial charge in [0.15, 0.2) is 11.6 Å². The number of benzene rings is 1. The van der Waals surface area contributed by atoms with Gasteiger partial charge in [-0.3, -0.25) is 0 Å². The highest BCUT2D eigenvalue weighted by Crippen LogP contribution is 2.46. The number of phenolic OH excluding ortho intramolecular Hbond substituents is 1. The van der Waals surface area contributed by atoms with Crippen molar-refractivity contribution in [2.45, 2.75) is 86.7 Å². The molecule has 0 amide bonds. The van der Waals surface area contributed by atoms with Crippen LogP contribution < -0.4 is 10.2 Å². The highest BCUT2D eigenvalue weighted by atomic mass is 32.2. The maximum Gasteiger partial charge on any atom is 0.185 e. The molecule has 1 saturated carbocycles. The number of alkyl halides is 1. The number of fused-ring (bicyclic) bond motifs is 2. The monoisotopic (exact) mass is 541 g/mol. The average Bonchev–Trinajstić information content (AvgIpc) is 3.73. The van der Waals surface area contributed by atoms with Crippen LogP contribution in [0, 0.1) is 5.82 Å². The molecule has 200 valence electrons. The first-order chi connectivity index (χ1) is 19.3. The summed E-state index contributed by atoms with van der Waals surface area (Å²) in [5, 5.41) is 23.3. The van der Waals surface area contributed by atoms with Gasteiger partial charge in [0.1, 0.15) is 17.7 Å². The second-order valence-electron chi connectivity index (χ2n) is 11.2. The van der Waals surface area contributed by atoms with Crippen LogP contribution in [0.25, 0.3) is 22.5 Å². The topological polar surface area (TPSA) is 87.1 Å². The van der Waals surface area contributed by atoms with E-state index in [1.54, 1.807) is 18.3 Å². The zero-order valence-corrected chi connectivity index (χ0v) is 22.1. The number of halogens is 2. The van der Waals surface area contributed by atoms with Gasteiger partial charge in [-0.05, 0) is 82.3 Å². The first-order valence-corrected chi connectivity index (χ1v) is 13.8. The average molecular weight is 542 g/mol. The highest BCUT2D eigenvalue weighted by molar-refractivity contribution is 7.98. The van der Waals surface area contributed by atoms with Crippen molar-refractivity contribution in [3.63, 3.8) is 0 Å². The van der Waals surface area contributed by atoms with Gasteiger partial charge < -0.3 is 15.3 Å². The third-order valence-electron chi connectivity index (χ3n) is 8.21. The summed E-state index contributed by atoms with van der Waals surface area (Å²) in [5.74, 6) is -0.135. The van der Waals surface area contributed by atoms with Crippen LogP contribution in [0.15, 0.2) is 41.7 Å². The minimum atomic E-state index is -2.33. The summed E-state index contributed by atoms with van der Waals surface area (Å²) in [6.45, 7) is 4.16. The Morgan fingerprint density at radius 3 is 2.68 bits per heavy atom. The summed E-state index contributed by atoms with van der Waals surface area (Å²) < 4.78 is 52.9. The van der Waals surface area contributed by atoms with Crippen molar-refractivity contribution >= 4 is 17.6 Å². The lowest BCUT2D eigenvalue weighted by Gasteiger charge is -2.57. The van der Waals surface area contributed by atoms with E-state index in [1.807, 2.05) is 6.92 Å². The third kappa shape index (κ3) is 4.51. The first kappa shape index (κ1) is 22.0. The molecule has 3 aromatic rings. The molecule has 2 aromatic heterocycles. The zero-order chi connectivity index (χ0) is 29.2. The number of nitrogens with zero attached hydrogens (tertiary/aromatic N) is 5. The smallest absolute Gasteiger partial charge is 0.185 e. The number of aromatic nitrogens is 4. The zero-order valence-electron chi connectivity index (χ0n) is 24.3. The summed E-state index contributed by atoms with van der Waals surface area (Å²) in [7, 11) is 0. The van der Waals surface area contributed by atoms with Crippen molar-refractivity contribution in [1.82, 2.24) is 25.5 Å². The Hall–Kier alpha value is -2.85. The van der Waals surface area contributed by atoms with E-state index in [0.717, 1.165) is 38.3 Å². The molecule has 0 unspecified atom stereocenters. The van der Waals surface area contributed by atoms with Gasteiger partial charge in [0, 0.05) is 26.8 Å². The van der Waals surface area contributed by atoms with Gasteiger partial charge in [0.05, 0.1) is 29.0 Å². The minimum Gasteiger partial charge on any atom is -0.507 e. The highest BCUT2D eigenvalue weighted by Gasteiger charge is 2.55. The van der Waals surface area contributed by atoms with Gasteiger partial charge in [-0.1, -0.05) is 6.07 Å². The van der Waals surface area contributed by atoms with Crippen LogP contribution in [0.1, 0.15) is 56.5 Å². The molecule has 1 aromatic carbocycles. The Morgan fingerprint density at radius 2 is 1.97 bits per heavy atom. The van der Waals surface area contributed by atoms with Crippen LogP contribution in [-0.2, 0) is 0 Å². The predicted molar refractivity (Wildman–Crippen MR) is 144 cm³/mol. The van der Waals surface area contributed by atoms with Gasteiger partial charge >= 0.3 is 0 Å². The van der Waals surface area contributed by atoms with Crippen molar-refractivity contribution in [2.24, 2.45) is 0 Å². The molecular formula is C28H32F2N6OS. The normalized spacial score (nSPS) is 30.3. The number of piperidine rings is 2. The van der Waals surface area contributed by atoms with Gasteiger partial charge in [-0.15, -0.1) is 22.0 Å². The quantitative estimate of drug-likeness (QED) is 0.394. The molecular weight excluding hydrogens is 506 g/mol. The van der Waals surface area contributed by atoms with E-state index in [9.17, 15) is 9.50 Å². The summed E-state index contributed by atoms with van der Waals surface area (Å²) in [6.07, 6.45) is 4.56. The maximum atomic E-state index is 16.0. The van der Waals surface area contributed by atoms with Crippen LogP contribution >= 0.6 is 11.8 Å². The Bertz CT molecular complexity index is 1460. The Balaban J connectivity index is 1.26. The number of hydrogen-bond donors (Lipinski definition) is 2. The summed E-state index contributed by atoms with van der Waals surface area (Å²) in [5.41, 5.74) is 0.0330. The minimum absolute atomic E-state index is 0.109. The van der Waals surface area contributed by atoms with E-state index in [-0.39, 0.29) is 39.8 Å². The van der Waals surface area contributed by atoms with Crippen molar-refractivity contribution < 1.29 is 18.0 Å². The molecule has 38 heavy (non-hydrogen) atoms. The van der Waals surface area contributed by atoms with Crippen molar-refractivity contribution in [1.29, 1.82) is 0 Å². The lowest BCUT2D eigenvalue weighted by Crippen LogP contribution is -2.73. The van der Waals surface area contributed by atoms with Gasteiger partial charge in [-0.2, -0.15) is 0 Å². The lowest BCUT2D eigenvalue weighted by atomic mass is 9.68. The largest absolute Gasteiger partial charge is 0.507 e. The molecule has 0 radical (unpaired) electrons. The standard InChI is InChI=1S/C28H32F2N6OS/c1-27-9-4-10-28(2,35-27)25(30)21(13-27)36(17-6-7-17)23-15-32-26(34-33-23)18-8-5-16(11-22(18)37)19-12-24(38-3)31-14-20(19)29/h5,8,11-12,14-15,17,21,25,35,37H,4,6-7,9-10,13H2,1-3H3/t21-,25-,27-,28+/m1/s1/i3D3. The van der Waals surface area contributed by atoms with E-state index in [0.29, 0.717) is 35.1 Å². The van der Waals surface area contributed by atoms with Crippen LogP contribution in [0.5, 0.6) is 5.75 Å². The number of rotatable bonds is 6. The van der Waals surface area contributed by atoms with E-state index >= 15 is 4.39 Å². The number of pyridine rings is 1. The van der Waals surface area contributed by atoms with Crippen molar-refractivity contribution in [3.8, 4) is 28.3 Å². The predicted octanol–water partition coefficient (Wildman–Crippen LogP) is 5.54. The fourth-order valence-corrected chi connectivity index (χ4v) is 6.61. The number of hydrogen-bond acceptors (Lipinski definition) is 8. The molecule has 10 heteroatoms. The Kier molecular flexibility index (Phi) is 5.45. The van der Waals surface area contributed by atoms with Gasteiger partial charge in [0.25, 0.3) is 0 Å². The third-order valence-corrected chi connectivity index (χ3v) is 8.65. The van der Waals surface area contributed by atoms with Crippen LogP contribution in [0.3, 0.4) is 0 Å². The van der Waals surface area contributed by atoms with E-state index < -0.39 is 23.7 Å². The van der Waals surface area contributed by atoms with Gasteiger partial charge in [-0.25, -0.2) is 18.7 Å². The molecule has 3 aliphatic rings.